The highest BCUT2D eigenvalue weighted by molar-refractivity contribution is 5.93. The molecule has 6 nitrogen and oxygen atoms in total. The molecule has 170 valence electrons. The molecular formula is C20H22F5N3O3. The summed E-state index contributed by atoms with van der Waals surface area (Å²) in [7, 11) is 1.36. The van der Waals surface area contributed by atoms with Crippen molar-refractivity contribution in [2.24, 2.45) is 0 Å². The van der Waals surface area contributed by atoms with Gasteiger partial charge in [-0.1, -0.05) is 0 Å². The molecule has 31 heavy (non-hydrogen) atoms. The molecule has 1 aromatic rings. The Bertz CT molecular complexity index is 970. The summed E-state index contributed by atoms with van der Waals surface area (Å²) >= 11 is 0. The van der Waals surface area contributed by atoms with Crippen molar-refractivity contribution in [3.05, 3.63) is 34.5 Å². The third-order valence-corrected chi connectivity index (χ3v) is 5.37. The molecule has 0 unspecified atom stereocenters. The topological polar surface area (TPSA) is 70.7 Å². The SMILES string of the molecule is CNC(=O)NC1=C(N2CCCC2=O)c2c(ccc(C(F)(F)C(F)(F)F)c2C)OC1(C)C. The van der Waals surface area contributed by atoms with Crippen LogP contribution in [0, 0.1) is 6.92 Å². The van der Waals surface area contributed by atoms with Crippen molar-refractivity contribution in [3.8, 4) is 5.75 Å². The van der Waals surface area contributed by atoms with Crippen LogP contribution in [0.4, 0.5) is 26.7 Å². The maximum atomic E-state index is 14.2. The van der Waals surface area contributed by atoms with Crippen LogP contribution >= 0.6 is 0 Å². The van der Waals surface area contributed by atoms with Crippen molar-refractivity contribution in [3.63, 3.8) is 0 Å². The standard InChI is InChI=1S/C20H22F5N3O3/c1-10-11(19(21,22)20(23,24)25)7-8-12-14(10)15(28-9-5-6-13(28)29)16(18(2,3)31-12)27-17(30)26-4/h7-8H,5-6,9H2,1-4H3,(H2,26,27,30). The molecule has 2 aliphatic rings. The number of rotatable bonds is 3. The maximum absolute atomic E-state index is 14.2. The summed E-state index contributed by atoms with van der Waals surface area (Å²) in [6, 6.07) is 1.06. The third kappa shape index (κ3) is 3.70. The van der Waals surface area contributed by atoms with E-state index in [4.69, 9.17) is 4.74 Å². The normalized spacial score (nSPS) is 18.6. The third-order valence-electron chi connectivity index (χ3n) is 5.37. The molecule has 1 saturated heterocycles. The molecule has 0 radical (unpaired) electrons. The number of amides is 3. The van der Waals surface area contributed by atoms with E-state index < -0.39 is 29.3 Å². The van der Waals surface area contributed by atoms with Crippen molar-refractivity contribution in [1.82, 2.24) is 15.5 Å². The molecule has 2 N–H and O–H groups in total. The highest BCUT2D eigenvalue weighted by atomic mass is 19.4. The zero-order chi connectivity index (χ0) is 23.4. The first-order valence-corrected chi connectivity index (χ1v) is 9.54. The lowest BCUT2D eigenvalue weighted by molar-refractivity contribution is -0.289. The van der Waals surface area contributed by atoms with Gasteiger partial charge in [-0.15, -0.1) is 0 Å². The van der Waals surface area contributed by atoms with Crippen molar-refractivity contribution in [1.29, 1.82) is 0 Å². The lowest BCUT2D eigenvalue weighted by Gasteiger charge is -2.40. The van der Waals surface area contributed by atoms with Gasteiger partial charge in [-0.25, -0.2) is 4.79 Å². The van der Waals surface area contributed by atoms with Gasteiger partial charge < -0.3 is 20.3 Å². The second-order valence-electron chi connectivity index (χ2n) is 7.87. The number of halogens is 5. The van der Waals surface area contributed by atoms with Crippen LogP contribution < -0.4 is 15.4 Å². The van der Waals surface area contributed by atoms with Gasteiger partial charge in [0, 0.05) is 31.1 Å². The molecule has 0 aliphatic carbocycles. The average Bonchev–Trinajstić information content (AvgIpc) is 3.06. The van der Waals surface area contributed by atoms with Crippen LogP contribution in [-0.2, 0) is 10.7 Å². The molecule has 3 amide bonds. The van der Waals surface area contributed by atoms with Crippen molar-refractivity contribution < 1.29 is 36.3 Å². The largest absolute Gasteiger partial charge is 0.481 e. The number of hydrogen-bond donors (Lipinski definition) is 2. The zero-order valence-electron chi connectivity index (χ0n) is 17.3. The van der Waals surface area contributed by atoms with E-state index in [2.05, 4.69) is 10.6 Å². The van der Waals surface area contributed by atoms with Crippen molar-refractivity contribution in [2.45, 2.75) is 51.3 Å². The number of benzene rings is 1. The molecule has 11 heteroatoms. The Kier molecular flexibility index (Phi) is 5.44. The summed E-state index contributed by atoms with van der Waals surface area (Å²) in [6.07, 6.45) is -5.15. The number of carbonyl (C=O) groups is 2. The first-order valence-electron chi connectivity index (χ1n) is 9.54. The van der Waals surface area contributed by atoms with Gasteiger partial charge in [0.15, 0.2) is 0 Å². The predicted octanol–water partition coefficient (Wildman–Crippen LogP) is 4.04. The monoisotopic (exact) mass is 447 g/mol. The van der Waals surface area contributed by atoms with Gasteiger partial charge in [0.1, 0.15) is 11.4 Å². The molecule has 2 heterocycles. The average molecular weight is 447 g/mol. The Hall–Kier alpha value is -2.85. The molecule has 2 aliphatic heterocycles. The summed E-state index contributed by atoms with van der Waals surface area (Å²) < 4.78 is 73.6. The molecule has 0 saturated carbocycles. The highest BCUT2D eigenvalue weighted by Gasteiger charge is 2.60. The lowest BCUT2D eigenvalue weighted by Crippen LogP contribution is -2.48. The summed E-state index contributed by atoms with van der Waals surface area (Å²) in [5.74, 6) is -5.41. The predicted molar refractivity (Wildman–Crippen MR) is 101 cm³/mol. The van der Waals surface area contributed by atoms with Crippen LogP contribution in [0.3, 0.4) is 0 Å². The molecule has 0 aromatic heterocycles. The number of fused-ring (bicyclic) bond motifs is 1. The quantitative estimate of drug-likeness (QED) is 0.688. The van der Waals surface area contributed by atoms with Gasteiger partial charge in [0.25, 0.3) is 0 Å². The summed E-state index contributed by atoms with van der Waals surface area (Å²) in [5.41, 5.74) is -2.77. The number of carbonyl (C=O) groups excluding carboxylic acids is 2. The van der Waals surface area contributed by atoms with E-state index in [1.54, 1.807) is 13.8 Å². The molecular weight excluding hydrogens is 425 g/mol. The van der Waals surface area contributed by atoms with Crippen LogP contribution in [0.5, 0.6) is 5.75 Å². The minimum Gasteiger partial charge on any atom is -0.481 e. The first kappa shape index (κ1) is 22.8. The molecule has 1 fully saturated rings. The van der Waals surface area contributed by atoms with Crippen LogP contribution in [0.25, 0.3) is 5.70 Å². The lowest BCUT2D eigenvalue weighted by atomic mass is 9.88. The molecule has 1 aromatic carbocycles. The van der Waals surface area contributed by atoms with Gasteiger partial charge in [0.2, 0.25) is 5.91 Å². The number of likely N-dealkylation sites (tertiary alicyclic amines) is 1. The Balaban J connectivity index is 2.34. The summed E-state index contributed by atoms with van der Waals surface area (Å²) in [4.78, 5) is 25.9. The smallest absolute Gasteiger partial charge is 0.458 e. The molecule has 0 atom stereocenters. The van der Waals surface area contributed by atoms with Gasteiger partial charge in [-0.2, -0.15) is 22.0 Å². The molecule has 0 spiro atoms. The first-order chi connectivity index (χ1) is 14.2. The Labute approximate surface area is 175 Å². The maximum Gasteiger partial charge on any atom is 0.458 e. The Morgan fingerprint density at radius 1 is 1.19 bits per heavy atom. The van der Waals surface area contributed by atoms with E-state index in [1.165, 1.54) is 11.9 Å². The van der Waals surface area contributed by atoms with E-state index in [0.717, 1.165) is 13.0 Å². The van der Waals surface area contributed by atoms with Crippen LogP contribution in [0.1, 0.15) is 43.4 Å². The van der Waals surface area contributed by atoms with E-state index in [0.29, 0.717) is 12.5 Å². The van der Waals surface area contributed by atoms with Crippen LogP contribution in [0.2, 0.25) is 0 Å². The Morgan fingerprint density at radius 3 is 2.35 bits per heavy atom. The van der Waals surface area contributed by atoms with Crippen LogP contribution in [0.15, 0.2) is 17.8 Å². The number of urea groups is 1. The highest BCUT2D eigenvalue weighted by Crippen LogP contribution is 2.50. The molecule has 3 rings (SSSR count). The fourth-order valence-electron chi connectivity index (χ4n) is 3.84. The zero-order valence-corrected chi connectivity index (χ0v) is 17.3. The van der Waals surface area contributed by atoms with E-state index in [1.807, 2.05) is 0 Å². The number of nitrogens with zero attached hydrogens (tertiary/aromatic N) is 1. The number of hydrogen-bond acceptors (Lipinski definition) is 3. The fraction of sp³-hybridized carbons (Fsp3) is 0.500. The second-order valence-corrected chi connectivity index (χ2v) is 7.87. The van der Waals surface area contributed by atoms with E-state index >= 15 is 0 Å². The molecule has 0 bridgehead atoms. The summed E-state index contributed by atoms with van der Waals surface area (Å²) in [5, 5.41) is 4.92. The van der Waals surface area contributed by atoms with Crippen LogP contribution in [-0.4, -0.2) is 42.2 Å². The second kappa shape index (κ2) is 7.38. The number of nitrogens with one attached hydrogen (secondary N) is 2. The van der Waals surface area contributed by atoms with Gasteiger partial charge in [-0.3, -0.25) is 4.79 Å². The van der Waals surface area contributed by atoms with Gasteiger partial charge >= 0.3 is 18.1 Å². The number of ether oxygens (including phenoxy) is 1. The van der Waals surface area contributed by atoms with Crippen molar-refractivity contribution >= 4 is 17.6 Å². The minimum absolute atomic E-state index is 0.0429. The Morgan fingerprint density at radius 2 is 1.84 bits per heavy atom. The van der Waals surface area contributed by atoms with E-state index in [9.17, 15) is 31.5 Å². The van der Waals surface area contributed by atoms with Crippen molar-refractivity contribution in [2.75, 3.05) is 13.6 Å². The summed E-state index contributed by atoms with van der Waals surface area (Å²) in [6.45, 7) is 4.53. The van der Waals surface area contributed by atoms with Gasteiger partial charge in [0.05, 0.1) is 11.4 Å². The van der Waals surface area contributed by atoms with E-state index in [-0.39, 0.29) is 47.1 Å². The van der Waals surface area contributed by atoms with Gasteiger partial charge in [-0.05, 0) is 44.9 Å². The minimum atomic E-state index is -5.81. The fourth-order valence-corrected chi connectivity index (χ4v) is 3.84. The number of alkyl halides is 5.